The van der Waals surface area contributed by atoms with Gasteiger partial charge in [0.25, 0.3) is 5.91 Å². The van der Waals surface area contributed by atoms with Gasteiger partial charge in [-0.1, -0.05) is 12.8 Å². The summed E-state index contributed by atoms with van der Waals surface area (Å²) in [6.07, 6.45) is 7.22. The van der Waals surface area contributed by atoms with Crippen molar-refractivity contribution in [1.82, 2.24) is 9.88 Å². The molecule has 2 aromatic heterocycles. The van der Waals surface area contributed by atoms with E-state index in [1.54, 1.807) is 12.3 Å². The first kappa shape index (κ1) is 13.7. The van der Waals surface area contributed by atoms with E-state index >= 15 is 0 Å². The number of nitrogens with zero attached hydrogens (tertiary/aromatic N) is 1. The average Bonchev–Trinajstić information content (AvgIpc) is 2.92. The number of pyridine rings is 1. The molecular weight excluding hydrogens is 268 g/mol. The Bertz CT molecular complexity index is 640. The number of aromatic amines is 1. The van der Waals surface area contributed by atoms with Crippen LogP contribution in [0.25, 0.3) is 0 Å². The van der Waals surface area contributed by atoms with E-state index in [1.807, 2.05) is 17.0 Å². The average molecular weight is 286 g/mol. The van der Waals surface area contributed by atoms with Crippen LogP contribution in [0.1, 0.15) is 47.8 Å². The van der Waals surface area contributed by atoms with Gasteiger partial charge in [0.1, 0.15) is 5.76 Å². The van der Waals surface area contributed by atoms with Gasteiger partial charge in [0.05, 0.1) is 17.9 Å². The Morgan fingerprint density at radius 3 is 2.86 bits per heavy atom. The number of H-pyrrole nitrogens is 1. The molecule has 1 fully saturated rings. The molecule has 3 rings (SSSR count). The molecule has 5 heteroatoms. The molecule has 110 valence electrons. The van der Waals surface area contributed by atoms with Crippen molar-refractivity contribution in [2.45, 2.75) is 31.7 Å². The maximum absolute atomic E-state index is 12.7. The van der Waals surface area contributed by atoms with Crippen LogP contribution in [-0.2, 0) is 0 Å². The van der Waals surface area contributed by atoms with Gasteiger partial charge in [-0.3, -0.25) is 9.59 Å². The molecule has 1 atom stereocenters. The number of carbonyl (C=O) groups excluding carboxylic acids is 1. The van der Waals surface area contributed by atoms with E-state index in [-0.39, 0.29) is 17.5 Å². The Kier molecular flexibility index (Phi) is 3.90. The molecule has 21 heavy (non-hydrogen) atoms. The van der Waals surface area contributed by atoms with Gasteiger partial charge in [-0.05, 0) is 31.0 Å². The predicted octanol–water partition coefficient (Wildman–Crippen LogP) is 2.73. The molecule has 2 aromatic rings. The van der Waals surface area contributed by atoms with E-state index in [0.717, 1.165) is 31.4 Å². The SMILES string of the molecule is O=C(c1ccc(=O)[nH]c1)N1CCCCC[C@H]1c1ccco1. The molecule has 3 heterocycles. The van der Waals surface area contributed by atoms with Crippen molar-refractivity contribution < 1.29 is 9.21 Å². The minimum Gasteiger partial charge on any atom is -0.467 e. The minimum atomic E-state index is -0.204. The van der Waals surface area contributed by atoms with Gasteiger partial charge in [0.2, 0.25) is 5.56 Å². The Labute approximate surface area is 122 Å². The Morgan fingerprint density at radius 1 is 1.24 bits per heavy atom. The molecule has 1 saturated heterocycles. The molecule has 0 aliphatic carbocycles. The number of hydrogen-bond donors (Lipinski definition) is 1. The summed E-state index contributed by atoms with van der Waals surface area (Å²) in [5.74, 6) is 0.768. The number of nitrogens with one attached hydrogen (secondary N) is 1. The molecule has 1 aliphatic heterocycles. The first-order chi connectivity index (χ1) is 10.3. The summed E-state index contributed by atoms with van der Waals surface area (Å²) in [6.45, 7) is 0.712. The number of likely N-dealkylation sites (tertiary alicyclic amines) is 1. The third kappa shape index (κ3) is 2.91. The van der Waals surface area contributed by atoms with E-state index in [4.69, 9.17) is 4.42 Å². The van der Waals surface area contributed by atoms with Crippen molar-refractivity contribution in [1.29, 1.82) is 0 Å². The highest BCUT2D eigenvalue weighted by Gasteiger charge is 2.29. The normalized spacial score (nSPS) is 19.2. The smallest absolute Gasteiger partial charge is 0.255 e. The Morgan fingerprint density at radius 2 is 2.14 bits per heavy atom. The summed E-state index contributed by atoms with van der Waals surface area (Å²) in [5.41, 5.74) is 0.304. The molecule has 1 amide bonds. The number of amides is 1. The number of carbonyl (C=O) groups is 1. The van der Waals surface area contributed by atoms with Gasteiger partial charge in [-0.2, -0.15) is 0 Å². The van der Waals surface area contributed by atoms with Gasteiger partial charge in [-0.25, -0.2) is 0 Å². The lowest BCUT2D eigenvalue weighted by Crippen LogP contribution is -2.35. The lowest BCUT2D eigenvalue weighted by Gasteiger charge is -2.28. The first-order valence-corrected chi connectivity index (χ1v) is 7.29. The van der Waals surface area contributed by atoms with E-state index in [9.17, 15) is 9.59 Å². The molecule has 1 N–H and O–H groups in total. The number of aromatic nitrogens is 1. The van der Waals surface area contributed by atoms with Crippen LogP contribution in [-0.4, -0.2) is 22.3 Å². The van der Waals surface area contributed by atoms with Crippen molar-refractivity contribution in [2.24, 2.45) is 0 Å². The van der Waals surface area contributed by atoms with E-state index < -0.39 is 0 Å². The zero-order chi connectivity index (χ0) is 14.7. The molecule has 1 aliphatic rings. The summed E-state index contributed by atoms with van der Waals surface area (Å²) in [4.78, 5) is 28.3. The van der Waals surface area contributed by atoms with Crippen LogP contribution in [0.15, 0.2) is 45.9 Å². The quantitative estimate of drug-likeness (QED) is 0.923. The van der Waals surface area contributed by atoms with Gasteiger partial charge in [0.15, 0.2) is 0 Å². The maximum atomic E-state index is 12.7. The van der Waals surface area contributed by atoms with Gasteiger partial charge in [0, 0.05) is 18.8 Å². The lowest BCUT2D eigenvalue weighted by atomic mass is 10.1. The predicted molar refractivity (Wildman–Crippen MR) is 78.0 cm³/mol. The largest absolute Gasteiger partial charge is 0.467 e. The van der Waals surface area contributed by atoms with Gasteiger partial charge >= 0.3 is 0 Å². The zero-order valence-corrected chi connectivity index (χ0v) is 11.7. The molecule has 5 nitrogen and oxygen atoms in total. The van der Waals surface area contributed by atoms with E-state index in [1.165, 1.54) is 12.3 Å². The monoisotopic (exact) mass is 286 g/mol. The fraction of sp³-hybridized carbons (Fsp3) is 0.375. The van der Waals surface area contributed by atoms with Gasteiger partial charge in [-0.15, -0.1) is 0 Å². The zero-order valence-electron chi connectivity index (χ0n) is 11.7. The van der Waals surface area contributed by atoms with Crippen LogP contribution >= 0.6 is 0 Å². The fourth-order valence-electron chi connectivity index (χ4n) is 2.84. The highest BCUT2D eigenvalue weighted by molar-refractivity contribution is 5.94. The molecule has 0 saturated carbocycles. The highest BCUT2D eigenvalue weighted by Crippen LogP contribution is 2.31. The first-order valence-electron chi connectivity index (χ1n) is 7.29. The van der Waals surface area contributed by atoms with Crippen molar-refractivity contribution in [3.63, 3.8) is 0 Å². The van der Waals surface area contributed by atoms with Crippen LogP contribution in [0.5, 0.6) is 0 Å². The summed E-state index contributed by atoms with van der Waals surface area (Å²) >= 11 is 0. The van der Waals surface area contributed by atoms with Crippen LogP contribution in [0.4, 0.5) is 0 Å². The molecule has 0 aromatic carbocycles. The lowest BCUT2D eigenvalue weighted by molar-refractivity contribution is 0.0658. The standard InChI is InChI=1S/C16H18N2O3/c19-15-8-7-12(11-17-15)16(20)18-9-3-1-2-5-13(18)14-6-4-10-21-14/h4,6-8,10-11,13H,1-3,5,9H2,(H,17,19)/t13-/m0/s1. The van der Waals surface area contributed by atoms with Crippen LogP contribution in [0.3, 0.4) is 0 Å². The maximum Gasteiger partial charge on any atom is 0.255 e. The van der Waals surface area contributed by atoms with Crippen molar-refractivity contribution in [3.05, 3.63) is 58.4 Å². The minimum absolute atomic E-state index is 0.0260. The second-order valence-electron chi connectivity index (χ2n) is 5.32. The van der Waals surface area contributed by atoms with Gasteiger partial charge < -0.3 is 14.3 Å². The molecule has 0 spiro atoms. The van der Waals surface area contributed by atoms with Crippen LogP contribution in [0, 0.1) is 0 Å². The Balaban J connectivity index is 1.90. The fourth-order valence-corrected chi connectivity index (χ4v) is 2.84. The van der Waals surface area contributed by atoms with Crippen LogP contribution < -0.4 is 5.56 Å². The molecule has 0 bridgehead atoms. The van der Waals surface area contributed by atoms with Crippen molar-refractivity contribution >= 4 is 5.91 Å². The molecular formula is C16H18N2O3. The summed E-state index contributed by atoms with van der Waals surface area (Å²) in [7, 11) is 0. The number of furan rings is 1. The third-order valence-electron chi connectivity index (χ3n) is 3.92. The van der Waals surface area contributed by atoms with Crippen molar-refractivity contribution in [2.75, 3.05) is 6.54 Å². The summed E-state index contributed by atoms with van der Waals surface area (Å²) in [5, 5.41) is 0. The molecule has 0 unspecified atom stereocenters. The van der Waals surface area contributed by atoms with Crippen LogP contribution in [0.2, 0.25) is 0 Å². The third-order valence-corrected chi connectivity index (χ3v) is 3.92. The summed E-state index contributed by atoms with van der Waals surface area (Å²) in [6, 6.07) is 6.70. The van der Waals surface area contributed by atoms with E-state index in [2.05, 4.69) is 4.98 Å². The number of hydrogen-bond acceptors (Lipinski definition) is 3. The van der Waals surface area contributed by atoms with E-state index in [0.29, 0.717) is 12.1 Å². The molecule has 0 radical (unpaired) electrons. The Hall–Kier alpha value is -2.30. The number of rotatable bonds is 2. The summed E-state index contributed by atoms with van der Waals surface area (Å²) < 4.78 is 5.51. The van der Waals surface area contributed by atoms with Crippen molar-refractivity contribution in [3.8, 4) is 0 Å². The highest BCUT2D eigenvalue weighted by atomic mass is 16.3. The second-order valence-corrected chi connectivity index (χ2v) is 5.32. The second kappa shape index (κ2) is 5.99. The topological polar surface area (TPSA) is 66.3 Å².